The Balaban J connectivity index is 2.52. The second kappa shape index (κ2) is 5.24. The molecule has 0 radical (unpaired) electrons. The normalized spacial score (nSPS) is 12.7. The van der Waals surface area contributed by atoms with Crippen LogP contribution in [0.25, 0.3) is 0 Å². The van der Waals surface area contributed by atoms with Crippen molar-refractivity contribution in [2.24, 2.45) is 0 Å². The molecule has 0 bridgehead atoms. The fraction of sp³-hybridized carbons (Fsp3) is 0.333. The first-order valence-electron chi connectivity index (χ1n) is 4.42. The highest BCUT2D eigenvalue weighted by molar-refractivity contribution is 7.87. The minimum Gasteiger partial charge on any atom is -0.263 e. The molecule has 0 unspecified atom stereocenters. The lowest BCUT2D eigenvalue weighted by Gasteiger charge is -2.08. The first-order chi connectivity index (χ1) is 7.72. The molecule has 1 aromatic carbocycles. The first-order valence-corrected chi connectivity index (χ1v) is 6.21. The van der Waals surface area contributed by atoms with Gasteiger partial charge in [0.15, 0.2) is 0 Å². The van der Waals surface area contributed by atoms with Crippen LogP contribution in [0.4, 0.5) is 13.2 Å². The fourth-order valence-corrected chi connectivity index (χ4v) is 1.55. The summed E-state index contributed by atoms with van der Waals surface area (Å²) in [6.07, 6.45) is 0.0481. The lowest BCUT2D eigenvalue weighted by atomic mass is 10.2. The molecule has 3 nitrogen and oxygen atoms in total. The van der Waals surface area contributed by atoms with Crippen LogP contribution >= 0.6 is 11.6 Å². The fourth-order valence-electron chi connectivity index (χ4n) is 0.987. The maximum absolute atomic E-state index is 11.9. The van der Waals surface area contributed by atoms with Crippen LogP contribution < -0.4 is 0 Å². The second-order valence-corrected chi connectivity index (χ2v) is 5.14. The Kier molecular flexibility index (Phi) is 4.40. The zero-order valence-corrected chi connectivity index (χ0v) is 9.94. The summed E-state index contributed by atoms with van der Waals surface area (Å²) in [6, 6.07) is 6.25. The molecule has 0 aliphatic carbocycles. The van der Waals surface area contributed by atoms with Crippen LogP contribution in [0, 0.1) is 0 Å². The van der Waals surface area contributed by atoms with Gasteiger partial charge in [-0.2, -0.15) is 21.6 Å². The van der Waals surface area contributed by atoms with Gasteiger partial charge in [-0.15, -0.1) is 0 Å². The average Bonchev–Trinajstić information content (AvgIpc) is 2.19. The lowest BCUT2D eigenvalue weighted by Crippen LogP contribution is -2.26. The maximum Gasteiger partial charge on any atom is 0.523 e. The number of rotatable bonds is 4. The Morgan fingerprint density at radius 1 is 1.18 bits per heavy atom. The molecular weight excluding hydrogens is 281 g/mol. The molecular formula is C9H8ClF3O3S. The second-order valence-electron chi connectivity index (χ2n) is 3.10. The Morgan fingerprint density at radius 2 is 1.71 bits per heavy atom. The zero-order valence-electron chi connectivity index (χ0n) is 8.37. The summed E-state index contributed by atoms with van der Waals surface area (Å²) >= 11 is 5.60. The number of hydrogen-bond donors (Lipinski definition) is 0. The summed E-state index contributed by atoms with van der Waals surface area (Å²) in [7, 11) is -5.50. The summed E-state index contributed by atoms with van der Waals surface area (Å²) < 4.78 is 60.5. The number of hydrogen-bond acceptors (Lipinski definition) is 3. The molecule has 1 rings (SSSR count). The van der Waals surface area contributed by atoms with E-state index in [0.29, 0.717) is 10.6 Å². The van der Waals surface area contributed by atoms with Crippen molar-refractivity contribution in [1.82, 2.24) is 0 Å². The van der Waals surface area contributed by atoms with Crippen LogP contribution in [0.15, 0.2) is 24.3 Å². The first kappa shape index (κ1) is 14.3. The summed E-state index contributed by atoms with van der Waals surface area (Å²) in [5.41, 5.74) is -4.75. The molecule has 0 N–H and O–H groups in total. The molecule has 0 aliphatic heterocycles. The third-order valence-electron chi connectivity index (χ3n) is 1.83. The van der Waals surface area contributed by atoms with Gasteiger partial charge in [0.05, 0.1) is 6.61 Å². The van der Waals surface area contributed by atoms with Gasteiger partial charge in [-0.1, -0.05) is 23.7 Å². The Hall–Kier alpha value is -0.790. The minimum atomic E-state index is -5.50. The van der Waals surface area contributed by atoms with Crippen molar-refractivity contribution < 1.29 is 25.8 Å². The van der Waals surface area contributed by atoms with E-state index in [4.69, 9.17) is 11.6 Å². The molecule has 0 aliphatic rings. The van der Waals surface area contributed by atoms with E-state index in [9.17, 15) is 21.6 Å². The van der Waals surface area contributed by atoms with Crippen LogP contribution in [0.1, 0.15) is 5.56 Å². The van der Waals surface area contributed by atoms with Gasteiger partial charge >= 0.3 is 15.6 Å². The Bertz CT molecular complexity index is 467. The van der Waals surface area contributed by atoms with Gasteiger partial charge in [-0.3, -0.25) is 4.18 Å². The monoisotopic (exact) mass is 288 g/mol. The van der Waals surface area contributed by atoms with Crippen molar-refractivity contribution in [2.75, 3.05) is 6.61 Å². The molecule has 8 heteroatoms. The van der Waals surface area contributed by atoms with E-state index in [2.05, 4.69) is 4.18 Å². The number of halogens is 4. The van der Waals surface area contributed by atoms with Crippen molar-refractivity contribution in [3.63, 3.8) is 0 Å². The predicted octanol–water partition coefficient (Wildman–Crippen LogP) is 2.75. The summed E-state index contributed by atoms with van der Waals surface area (Å²) in [5.74, 6) is 0. The molecule has 17 heavy (non-hydrogen) atoms. The van der Waals surface area contributed by atoms with E-state index in [0.717, 1.165) is 0 Å². The molecule has 0 aromatic heterocycles. The van der Waals surface area contributed by atoms with Crippen molar-refractivity contribution in [3.8, 4) is 0 Å². The van der Waals surface area contributed by atoms with Crippen molar-refractivity contribution in [1.29, 1.82) is 0 Å². The highest BCUT2D eigenvalue weighted by Gasteiger charge is 2.47. The summed E-state index contributed by atoms with van der Waals surface area (Å²) in [4.78, 5) is 0. The van der Waals surface area contributed by atoms with Gasteiger partial charge < -0.3 is 0 Å². The van der Waals surface area contributed by atoms with E-state index in [1.807, 2.05) is 0 Å². The standard InChI is InChI=1S/C9H8ClF3O3S/c10-8-3-1-7(2-4-8)5-6-16-17(14,15)9(11,12)13/h1-4H,5-6H2. The van der Waals surface area contributed by atoms with E-state index >= 15 is 0 Å². The van der Waals surface area contributed by atoms with Gasteiger partial charge in [-0.25, -0.2) is 0 Å². The summed E-state index contributed by atoms with van der Waals surface area (Å²) in [6.45, 7) is -0.566. The zero-order chi connectivity index (χ0) is 13.1. The van der Waals surface area contributed by atoms with E-state index < -0.39 is 22.2 Å². The topological polar surface area (TPSA) is 43.4 Å². The Morgan fingerprint density at radius 3 is 2.18 bits per heavy atom. The lowest BCUT2D eigenvalue weighted by molar-refractivity contribution is -0.0541. The molecule has 0 amide bonds. The van der Waals surface area contributed by atoms with E-state index in [1.54, 1.807) is 24.3 Å². The third-order valence-corrected chi connectivity index (χ3v) is 3.12. The third kappa shape index (κ3) is 4.18. The number of alkyl halides is 3. The van der Waals surface area contributed by atoms with Crippen LogP contribution in [-0.4, -0.2) is 20.5 Å². The molecule has 0 heterocycles. The quantitative estimate of drug-likeness (QED) is 0.632. The van der Waals surface area contributed by atoms with E-state index in [-0.39, 0.29) is 6.42 Å². The van der Waals surface area contributed by atoms with Gasteiger partial charge in [0.2, 0.25) is 0 Å². The predicted molar refractivity (Wildman–Crippen MR) is 56.1 cm³/mol. The van der Waals surface area contributed by atoms with Gasteiger partial charge in [0.25, 0.3) is 0 Å². The van der Waals surface area contributed by atoms with Crippen molar-refractivity contribution in [2.45, 2.75) is 11.9 Å². The van der Waals surface area contributed by atoms with Gasteiger partial charge in [0, 0.05) is 5.02 Å². The van der Waals surface area contributed by atoms with Gasteiger partial charge in [-0.05, 0) is 24.1 Å². The Labute approximate surface area is 101 Å². The van der Waals surface area contributed by atoms with Crippen LogP contribution in [0.5, 0.6) is 0 Å². The molecule has 0 saturated carbocycles. The molecule has 0 fully saturated rings. The highest BCUT2D eigenvalue weighted by Crippen LogP contribution is 2.24. The van der Waals surface area contributed by atoms with Gasteiger partial charge in [0.1, 0.15) is 0 Å². The molecule has 0 atom stereocenters. The SMILES string of the molecule is O=S(=O)(OCCc1ccc(Cl)cc1)C(F)(F)F. The van der Waals surface area contributed by atoms with Crippen LogP contribution in [-0.2, 0) is 20.7 Å². The van der Waals surface area contributed by atoms with Crippen molar-refractivity contribution >= 4 is 21.7 Å². The molecule has 0 saturated heterocycles. The van der Waals surface area contributed by atoms with Crippen molar-refractivity contribution in [3.05, 3.63) is 34.9 Å². The molecule has 0 spiro atoms. The van der Waals surface area contributed by atoms with Crippen LogP contribution in [0.3, 0.4) is 0 Å². The largest absolute Gasteiger partial charge is 0.523 e. The molecule has 96 valence electrons. The van der Waals surface area contributed by atoms with E-state index in [1.165, 1.54) is 0 Å². The smallest absolute Gasteiger partial charge is 0.263 e. The molecule has 1 aromatic rings. The summed E-state index contributed by atoms with van der Waals surface area (Å²) in [5, 5.41) is 0.484. The van der Waals surface area contributed by atoms with Crippen LogP contribution in [0.2, 0.25) is 5.02 Å². The minimum absolute atomic E-state index is 0.0481. The number of benzene rings is 1. The highest BCUT2D eigenvalue weighted by atomic mass is 35.5. The maximum atomic E-state index is 11.9. The average molecular weight is 289 g/mol.